The zero-order valence-electron chi connectivity index (χ0n) is 17.0. The van der Waals surface area contributed by atoms with Gasteiger partial charge in [0.1, 0.15) is 17.1 Å². The molecular weight excluding hydrogens is 394 g/mol. The zero-order valence-corrected chi connectivity index (χ0v) is 17.0. The molecule has 1 amide bonds. The maximum atomic E-state index is 13.4. The summed E-state index contributed by atoms with van der Waals surface area (Å²) in [5.41, 5.74) is 1.38. The molecule has 0 radical (unpaired) electrons. The lowest BCUT2D eigenvalue weighted by Crippen LogP contribution is -2.29. The number of para-hydroxylation sites is 1. The molecule has 0 aliphatic carbocycles. The van der Waals surface area contributed by atoms with E-state index in [9.17, 15) is 9.59 Å². The van der Waals surface area contributed by atoms with Crippen molar-refractivity contribution in [3.05, 3.63) is 99.8 Å². The minimum Gasteiger partial charge on any atom is -0.494 e. The van der Waals surface area contributed by atoms with Crippen LogP contribution in [0.5, 0.6) is 5.75 Å². The second kappa shape index (κ2) is 7.80. The normalized spacial score (nSPS) is 15.5. The molecule has 0 N–H and O–H groups in total. The van der Waals surface area contributed by atoms with E-state index in [4.69, 9.17) is 13.6 Å². The van der Waals surface area contributed by atoms with Crippen LogP contribution in [0.25, 0.3) is 11.0 Å². The Hall–Kier alpha value is -3.80. The molecule has 1 aliphatic heterocycles. The molecule has 2 aromatic heterocycles. The largest absolute Gasteiger partial charge is 0.494 e. The van der Waals surface area contributed by atoms with Crippen molar-refractivity contribution in [1.29, 1.82) is 0 Å². The average Bonchev–Trinajstić information content (AvgIpc) is 3.41. The van der Waals surface area contributed by atoms with Crippen LogP contribution in [0.1, 0.15) is 46.8 Å². The Balaban J connectivity index is 1.65. The monoisotopic (exact) mass is 415 g/mol. The van der Waals surface area contributed by atoms with Crippen LogP contribution in [0.4, 0.5) is 0 Å². The summed E-state index contributed by atoms with van der Waals surface area (Å²) in [6, 6.07) is 17.5. The lowest BCUT2D eigenvalue weighted by Gasteiger charge is -2.24. The first-order valence-corrected chi connectivity index (χ1v) is 10.3. The fourth-order valence-electron chi connectivity index (χ4n) is 4.01. The third-order valence-corrected chi connectivity index (χ3v) is 5.45. The number of ether oxygens (including phenoxy) is 1. The fourth-order valence-corrected chi connectivity index (χ4v) is 4.01. The molecule has 6 nitrogen and oxygen atoms in total. The molecule has 0 spiro atoms. The highest BCUT2D eigenvalue weighted by molar-refractivity contribution is 5.99. The Morgan fingerprint density at radius 2 is 1.81 bits per heavy atom. The maximum Gasteiger partial charge on any atom is 0.291 e. The second-order valence-corrected chi connectivity index (χ2v) is 7.50. The molecular formula is C25H21NO5. The number of benzene rings is 2. The van der Waals surface area contributed by atoms with Crippen LogP contribution in [0.3, 0.4) is 0 Å². The van der Waals surface area contributed by atoms with E-state index in [0.717, 1.165) is 17.7 Å². The predicted molar refractivity (Wildman–Crippen MR) is 115 cm³/mol. The van der Waals surface area contributed by atoms with Crippen LogP contribution in [0, 0.1) is 0 Å². The van der Waals surface area contributed by atoms with Gasteiger partial charge in [0.15, 0.2) is 5.43 Å². The van der Waals surface area contributed by atoms with Crippen LogP contribution >= 0.6 is 0 Å². The van der Waals surface area contributed by atoms with Gasteiger partial charge >= 0.3 is 0 Å². The Kier molecular flexibility index (Phi) is 4.82. The fraction of sp³-hybridized carbons (Fsp3) is 0.200. The van der Waals surface area contributed by atoms with E-state index >= 15 is 0 Å². The van der Waals surface area contributed by atoms with Crippen LogP contribution < -0.4 is 10.2 Å². The summed E-state index contributed by atoms with van der Waals surface area (Å²) in [5, 5.41) is 0.460. The smallest absolute Gasteiger partial charge is 0.291 e. The maximum absolute atomic E-state index is 13.4. The molecule has 31 heavy (non-hydrogen) atoms. The summed E-state index contributed by atoms with van der Waals surface area (Å²) in [5.74, 6) is 1.14. The molecule has 5 rings (SSSR count). The minimum atomic E-state index is -0.575. The van der Waals surface area contributed by atoms with Crippen molar-refractivity contribution in [1.82, 2.24) is 4.90 Å². The number of hydrogen-bond donors (Lipinski definition) is 0. The summed E-state index contributed by atoms with van der Waals surface area (Å²) < 4.78 is 17.1. The Morgan fingerprint density at radius 3 is 2.55 bits per heavy atom. The number of hydrogen-bond acceptors (Lipinski definition) is 5. The summed E-state index contributed by atoms with van der Waals surface area (Å²) >= 11 is 0. The van der Waals surface area contributed by atoms with Crippen molar-refractivity contribution in [2.75, 3.05) is 6.61 Å². The van der Waals surface area contributed by atoms with Gasteiger partial charge in [-0.15, -0.1) is 0 Å². The minimum absolute atomic E-state index is 0.0894. The van der Waals surface area contributed by atoms with E-state index in [0.29, 0.717) is 28.9 Å². The van der Waals surface area contributed by atoms with Gasteiger partial charge in [0.05, 0.1) is 36.4 Å². The van der Waals surface area contributed by atoms with E-state index in [1.54, 1.807) is 47.6 Å². The van der Waals surface area contributed by atoms with Gasteiger partial charge in [-0.1, -0.05) is 31.2 Å². The van der Waals surface area contributed by atoms with E-state index in [1.807, 2.05) is 31.2 Å². The molecule has 2 aromatic carbocycles. The van der Waals surface area contributed by atoms with Crippen molar-refractivity contribution in [2.24, 2.45) is 0 Å². The quantitative estimate of drug-likeness (QED) is 0.447. The van der Waals surface area contributed by atoms with E-state index in [1.165, 1.54) is 0 Å². The van der Waals surface area contributed by atoms with Crippen molar-refractivity contribution in [2.45, 2.75) is 25.9 Å². The first-order valence-electron chi connectivity index (χ1n) is 10.3. The number of fused-ring (bicyclic) bond motifs is 2. The predicted octanol–water partition coefficient (Wildman–Crippen LogP) is 4.92. The molecule has 6 heteroatoms. The summed E-state index contributed by atoms with van der Waals surface area (Å²) in [6.07, 6.45) is 2.48. The van der Waals surface area contributed by atoms with Gasteiger partial charge in [-0.2, -0.15) is 0 Å². The third kappa shape index (κ3) is 3.30. The van der Waals surface area contributed by atoms with E-state index < -0.39 is 6.04 Å². The highest BCUT2D eigenvalue weighted by Gasteiger charge is 2.43. The number of furan rings is 1. The second-order valence-electron chi connectivity index (χ2n) is 7.50. The highest BCUT2D eigenvalue weighted by atomic mass is 16.5. The Bertz CT molecular complexity index is 1290. The number of amides is 1. The standard InChI is InChI=1S/C25H21NO5/c1-2-13-29-17-11-9-16(10-12-17)22-21-23(27)19-7-3-4-8-20(19)31-24(21)25(28)26(22)15-18-6-5-14-30-18/h3-12,14,22H,2,13,15H2,1H3. The van der Waals surface area contributed by atoms with Crippen molar-refractivity contribution in [3.63, 3.8) is 0 Å². The summed E-state index contributed by atoms with van der Waals surface area (Å²) in [6.45, 7) is 2.90. The Morgan fingerprint density at radius 1 is 1.00 bits per heavy atom. The molecule has 1 aliphatic rings. The van der Waals surface area contributed by atoms with E-state index in [2.05, 4.69) is 0 Å². The van der Waals surface area contributed by atoms with Gasteiger partial charge in [0, 0.05) is 0 Å². The first kappa shape index (κ1) is 19.2. The topological polar surface area (TPSA) is 72.9 Å². The van der Waals surface area contributed by atoms with E-state index in [-0.39, 0.29) is 23.6 Å². The highest BCUT2D eigenvalue weighted by Crippen LogP contribution is 2.39. The van der Waals surface area contributed by atoms with Gasteiger partial charge in [-0.05, 0) is 48.4 Å². The van der Waals surface area contributed by atoms with Crippen LogP contribution in [-0.2, 0) is 6.54 Å². The van der Waals surface area contributed by atoms with Gasteiger partial charge < -0.3 is 18.5 Å². The number of nitrogens with zero attached hydrogens (tertiary/aromatic N) is 1. The van der Waals surface area contributed by atoms with Gasteiger partial charge in [-0.3, -0.25) is 9.59 Å². The van der Waals surface area contributed by atoms with Crippen molar-refractivity contribution < 1.29 is 18.4 Å². The van der Waals surface area contributed by atoms with Crippen LogP contribution in [-0.4, -0.2) is 17.4 Å². The summed E-state index contributed by atoms with van der Waals surface area (Å²) in [4.78, 5) is 28.4. The molecule has 0 saturated heterocycles. The molecule has 1 unspecified atom stereocenters. The summed E-state index contributed by atoms with van der Waals surface area (Å²) in [7, 11) is 0. The molecule has 0 fully saturated rings. The number of rotatable bonds is 6. The Labute approximate surface area is 178 Å². The first-order chi connectivity index (χ1) is 15.2. The zero-order chi connectivity index (χ0) is 21.4. The van der Waals surface area contributed by atoms with Gasteiger partial charge in [0.2, 0.25) is 5.76 Å². The molecule has 0 bridgehead atoms. The number of carbonyl (C=O) groups is 1. The molecule has 3 heterocycles. The van der Waals surface area contributed by atoms with Crippen molar-refractivity contribution >= 4 is 16.9 Å². The van der Waals surface area contributed by atoms with Crippen molar-refractivity contribution in [3.8, 4) is 5.75 Å². The number of carbonyl (C=O) groups excluding carboxylic acids is 1. The van der Waals surface area contributed by atoms with Crippen LogP contribution in [0.2, 0.25) is 0 Å². The lowest BCUT2D eigenvalue weighted by atomic mass is 9.98. The molecule has 4 aromatic rings. The van der Waals surface area contributed by atoms with Crippen LogP contribution in [0.15, 0.2) is 80.6 Å². The molecule has 0 saturated carbocycles. The van der Waals surface area contributed by atoms with Gasteiger partial charge in [-0.25, -0.2) is 0 Å². The average molecular weight is 415 g/mol. The molecule has 156 valence electrons. The lowest BCUT2D eigenvalue weighted by molar-refractivity contribution is 0.0701. The molecule has 1 atom stereocenters. The SMILES string of the molecule is CCCOc1ccc(C2c3c(oc4ccccc4c3=O)C(=O)N2Cc2ccco2)cc1. The third-order valence-electron chi connectivity index (χ3n) is 5.45. The van der Waals surface area contributed by atoms with Gasteiger partial charge in [0.25, 0.3) is 5.91 Å².